The number of aryl methyl sites for hydroxylation is 1. The van der Waals surface area contributed by atoms with E-state index in [1.54, 1.807) is 42.5 Å². The summed E-state index contributed by atoms with van der Waals surface area (Å²) in [6.45, 7) is 3.01. The van der Waals surface area contributed by atoms with Gasteiger partial charge in [-0.25, -0.2) is 4.39 Å². The van der Waals surface area contributed by atoms with Crippen LogP contribution in [0.2, 0.25) is 0 Å². The van der Waals surface area contributed by atoms with Crippen molar-refractivity contribution in [1.29, 1.82) is 0 Å². The van der Waals surface area contributed by atoms with Crippen molar-refractivity contribution in [1.82, 2.24) is 0 Å². The SMILES string of the molecule is C/C(F)=C(/OS(=O)(=O)c1ccc(C)cc1)c1ccccc1. The maximum atomic E-state index is 13.7. The van der Waals surface area contributed by atoms with Crippen molar-refractivity contribution in [2.24, 2.45) is 0 Å². The van der Waals surface area contributed by atoms with Crippen molar-refractivity contribution >= 4 is 15.9 Å². The summed E-state index contributed by atoms with van der Waals surface area (Å²) < 4.78 is 43.1. The van der Waals surface area contributed by atoms with E-state index in [1.165, 1.54) is 12.1 Å². The first kappa shape index (κ1) is 15.3. The first-order chi connectivity index (χ1) is 9.90. The van der Waals surface area contributed by atoms with Gasteiger partial charge in [0.05, 0.1) is 0 Å². The van der Waals surface area contributed by atoms with Crippen LogP contribution in [0, 0.1) is 6.92 Å². The topological polar surface area (TPSA) is 43.4 Å². The van der Waals surface area contributed by atoms with Crippen molar-refractivity contribution in [3.05, 3.63) is 71.6 Å². The fourth-order valence-corrected chi connectivity index (χ4v) is 2.75. The number of halogens is 1. The summed E-state index contributed by atoms with van der Waals surface area (Å²) >= 11 is 0. The number of allylic oxidation sites excluding steroid dienone is 1. The summed E-state index contributed by atoms with van der Waals surface area (Å²) in [6.07, 6.45) is 0. The molecule has 21 heavy (non-hydrogen) atoms. The zero-order chi connectivity index (χ0) is 15.5. The molecule has 0 heterocycles. The summed E-state index contributed by atoms with van der Waals surface area (Å²) in [5.41, 5.74) is 1.29. The number of hydrogen-bond acceptors (Lipinski definition) is 3. The second-order valence-corrected chi connectivity index (χ2v) is 6.13. The van der Waals surface area contributed by atoms with Crippen molar-refractivity contribution in [3.63, 3.8) is 0 Å². The predicted molar refractivity (Wildman–Crippen MR) is 79.6 cm³/mol. The minimum atomic E-state index is -4.07. The van der Waals surface area contributed by atoms with Gasteiger partial charge in [0, 0.05) is 5.56 Å². The van der Waals surface area contributed by atoms with Gasteiger partial charge < -0.3 is 4.18 Å². The number of rotatable bonds is 4. The first-order valence-electron chi connectivity index (χ1n) is 6.33. The van der Waals surface area contributed by atoms with E-state index in [0.717, 1.165) is 12.5 Å². The highest BCUT2D eigenvalue weighted by atomic mass is 32.2. The minimum Gasteiger partial charge on any atom is -0.376 e. The highest BCUT2D eigenvalue weighted by Crippen LogP contribution is 2.26. The Morgan fingerprint density at radius 1 is 1.00 bits per heavy atom. The summed E-state index contributed by atoms with van der Waals surface area (Å²) in [5, 5.41) is 0. The van der Waals surface area contributed by atoms with E-state index in [9.17, 15) is 12.8 Å². The Labute approximate surface area is 123 Å². The van der Waals surface area contributed by atoms with Crippen LogP contribution in [0.1, 0.15) is 18.1 Å². The predicted octanol–water partition coefficient (Wildman–Crippen LogP) is 4.06. The largest absolute Gasteiger partial charge is 0.376 e. The third kappa shape index (κ3) is 3.70. The van der Waals surface area contributed by atoms with Crippen LogP contribution in [0.4, 0.5) is 4.39 Å². The van der Waals surface area contributed by atoms with E-state index in [2.05, 4.69) is 0 Å². The van der Waals surface area contributed by atoms with Gasteiger partial charge in [0.25, 0.3) is 0 Å². The van der Waals surface area contributed by atoms with Gasteiger partial charge in [0.2, 0.25) is 0 Å². The molecular weight excluding hydrogens is 291 g/mol. The summed E-state index contributed by atoms with van der Waals surface area (Å²) in [6, 6.07) is 14.5. The molecule has 2 rings (SSSR count). The Balaban J connectivity index is 2.38. The lowest BCUT2D eigenvalue weighted by Crippen LogP contribution is -2.06. The lowest BCUT2D eigenvalue weighted by Gasteiger charge is -2.11. The highest BCUT2D eigenvalue weighted by molar-refractivity contribution is 7.87. The molecule has 0 unspecified atom stereocenters. The van der Waals surface area contributed by atoms with Crippen LogP contribution < -0.4 is 0 Å². The van der Waals surface area contributed by atoms with Gasteiger partial charge in [-0.05, 0) is 26.0 Å². The molecule has 0 spiro atoms. The van der Waals surface area contributed by atoms with Gasteiger partial charge in [-0.3, -0.25) is 0 Å². The molecule has 0 N–H and O–H groups in total. The summed E-state index contributed by atoms with van der Waals surface area (Å²) in [5.74, 6) is -0.993. The first-order valence-corrected chi connectivity index (χ1v) is 7.74. The van der Waals surface area contributed by atoms with Gasteiger partial charge in [-0.1, -0.05) is 48.0 Å². The zero-order valence-corrected chi connectivity index (χ0v) is 12.5. The van der Waals surface area contributed by atoms with Crippen LogP contribution in [-0.4, -0.2) is 8.42 Å². The average molecular weight is 306 g/mol. The molecule has 110 valence electrons. The Morgan fingerprint density at radius 3 is 2.10 bits per heavy atom. The molecule has 0 aliphatic heterocycles. The second kappa shape index (κ2) is 6.10. The standard InChI is InChI=1S/C16H15FO3S/c1-12-8-10-15(11-9-12)21(18,19)20-16(13(2)17)14-6-4-3-5-7-14/h3-11H,1-2H3/b16-13-. The van der Waals surface area contributed by atoms with E-state index in [1.807, 2.05) is 6.92 Å². The van der Waals surface area contributed by atoms with Crippen LogP contribution in [0.25, 0.3) is 5.76 Å². The molecule has 0 amide bonds. The van der Waals surface area contributed by atoms with Crippen LogP contribution in [0.5, 0.6) is 0 Å². The fourth-order valence-electron chi connectivity index (χ4n) is 1.76. The lowest BCUT2D eigenvalue weighted by molar-refractivity contribution is 0.449. The summed E-state index contributed by atoms with van der Waals surface area (Å²) in [4.78, 5) is -0.0113. The van der Waals surface area contributed by atoms with E-state index in [-0.39, 0.29) is 10.7 Å². The monoisotopic (exact) mass is 306 g/mol. The van der Waals surface area contributed by atoms with Gasteiger partial charge in [0.15, 0.2) is 5.76 Å². The van der Waals surface area contributed by atoms with E-state index in [4.69, 9.17) is 4.18 Å². The Morgan fingerprint density at radius 2 is 1.57 bits per heavy atom. The maximum Gasteiger partial charge on any atom is 0.339 e. The zero-order valence-electron chi connectivity index (χ0n) is 11.7. The molecule has 0 atom stereocenters. The van der Waals surface area contributed by atoms with Crippen LogP contribution in [-0.2, 0) is 14.3 Å². The maximum absolute atomic E-state index is 13.7. The Kier molecular flexibility index (Phi) is 4.43. The molecule has 2 aromatic carbocycles. The Hall–Kier alpha value is -2.14. The van der Waals surface area contributed by atoms with Crippen LogP contribution in [0.3, 0.4) is 0 Å². The minimum absolute atomic E-state index is 0.0113. The van der Waals surface area contributed by atoms with Gasteiger partial charge >= 0.3 is 10.1 Å². The molecule has 0 aromatic heterocycles. The number of hydrogen-bond donors (Lipinski definition) is 0. The molecule has 0 aliphatic carbocycles. The normalized spacial score (nSPS) is 12.7. The van der Waals surface area contributed by atoms with Gasteiger partial charge in [-0.15, -0.1) is 0 Å². The molecular formula is C16H15FO3S. The average Bonchev–Trinajstić information content (AvgIpc) is 2.46. The molecule has 0 fully saturated rings. The molecule has 0 bridgehead atoms. The molecule has 0 radical (unpaired) electrons. The quantitative estimate of drug-likeness (QED) is 0.632. The van der Waals surface area contributed by atoms with E-state index in [0.29, 0.717) is 5.56 Å². The molecule has 3 nitrogen and oxygen atoms in total. The molecule has 2 aromatic rings. The lowest BCUT2D eigenvalue weighted by atomic mass is 10.2. The molecule has 0 saturated heterocycles. The number of benzene rings is 2. The summed E-state index contributed by atoms with van der Waals surface area (Å²) in [7, 11) is -4.07. The van der Waals surface area contributed by atoms with Crippen molar-refractivity contribution < 1.29 is 17.0 Å². The third-order valence-corrected chi connectivity index (χ3v) is 4.09. The van der Waals surface area contributed by atoms with E-state index >= 15 is 0 Å². The van der Waals surface area contributed by atoms with Gasteiger partial charge in [-0.2, -0.15) is 8.42 Å². The molecule has 0 saturated carbocycles. The van der Waals surface area contributed by atoms with Crippen LogP contribution >= 0.6 is 0 Å². The van der Waals surface area contributed by atoms with Crippen molar-refractivity contribution in [3.8, 4) is 0 Å². The van der Waals surface area contributed by atoms with Crippen molar-refractivity contribution in [2.75, 3.05) is 0 Å². The smallest absolute Gasteiger partial charge is 0.339 e. The van der Waals surface area contributed by atoms with Crippen molar-refractivity contribution in [2.45, 2.75) is 18.7 Å². The highest BCUT2D eigenvalue weighted by Gasteiger charge is 2.20. The molecule has 0 aliphatic rings. The third-order valence-electron chi connectivity index (χ3n) is 2.85. The Bertz CT molecular complexity index is 744. The van der Waals surface area contributed by atoms with Crippen LogP contribution in [0.15, 0.2) is 65.3 Å². The second-order valence-electron chi connectivity index (χ2n) is 4.58. The fraction of sp³-hybridized carbons (Fsp3) is 0.125. The van der Waals surface area contributed by atoms with Gasteiger partial charge in [0.1, 0.15) is 10.7 Å². The van der Waals surface area contributed by atoms with E-state index < -0.39 is 15.9 Å². The molecule has 5 heteroatoms.